The van der Waals surface area contributed by atoms with Gasteiger partial charge in [-0.1, -0.05) is 37.8 Å². The summed E-state index contributed by atoms with van der Waals surface area (Å²) in [5.41, 5.74) is 3.00. The van der Waals surface area contributed by atoms with Crippen LogP contribution in [0.1, 0.15) is 86.2 Å². The summed E-state index contributed by atoms with van der Waals surface area (Å²) >= 11 is 0. The number of nitrogens with one attached hydrogen (secondary N) is 2. The molecule has 0 bridgehead atoms. The summed E-state index contributed by atoms with van der Waals surface area (Å²) in [5.74, 6) is 0.888. The van der Waals surface area contributed by atoms with Crippen molar-refractivity contribution in [1.29, 1.82) is 0 Å². The highest BCUT2D eigenvalue weighted by Crippen LogP contribution is 2.35. The summed E-state index contributed by atoms with van der Waals surface area (Å²) in [4.78, 5) is 38.3. The molecule has 1 saturated heterocycles. The number of fused-ring (bicyclic) bond motifs is 1. The summed E-state index contributed by atoms with van der Waals surface area (Å²) in [7, 11) is 0. The van der Waals surface area contributed by atoms with Gasteiger partial charge in [0.1, 0.15) is 6.04 Å². The number of nitrogens with zero attached hydrogens (tertiary/aromatic N) is 1. The second kappa shape index (κ2) is 8.97. The highest BCUT2D eigenvalue weighted by atomic mass is 16.2. The van der Waals surface area contributed by atoms with Gasteiger partial charge in [0.05, 0.1) is 0 Å². The fourth-order valence-electron chi connectivity index (χ4n) is 6.02. The van der Waals surface area contributed by atoms with Crippen LogP contribution < -0.4 is 10.6 Å². The molecule has 1 aromatic rings. The smallest absolute Gasteiger partial charge is 0.255 e. The molecule has 0 spiro atoms. The highest BCUT2D eigenvalue weighted by molar-refractivity contribution is 6.05. The predicted octanol–water partition coefficient (Wildman–Crippen LogP) is 3.33. The first-order valence-electron chi connectivity index (χ1n) is 12.5. The van der Waals surface area contributed by atoms with E-state index in [2.05, 4.69) is 29.7 Å². The van der Waals surface area contributed by atoms with Gasteiger partial charge in [-0.05, 0) is 68.1 Å². The van der Waals surface area contributed by atoms with Gasteiger partial charge in [-0.15, -0.1) is 0 Å². The Hall–Kier alpha value is -2.21. The molecule has 2 N–H and O–H groups in total. The molecule has 2 aliphatic carbocycles. The minimum absolute atomic E-state index is 0.0906. The number of imide groups is 1. The number of piperidine rings is 1. The second-order valence-corrected chi connectivity index (χ2v) is 10.5. The quantitative estimate of drug-likeness (QED) is 0.642. The molecular formula is C26H35N3O3. The Labute approximate surface area is 190 Å². The lowest BCUT2D eigenvalue weighted by Crippen LogP contribution is -2.52. The molecule has 4 atom stereocenters. The molecule has 6 heteroatoms. The number of hydrogen-bond donors (Lipinski definition) is 2. The van der Waals surface area contributed by atoms with Crippen LogP contribution in [0, 0.1) is 11.8 Å². The molecule has 172 valence electrons. The third-order valence-corrected chi connectivity index (χ3v) is 7.88. The Kier molecular flexibility index (Phi) is 6.06. The van der Waals surface area contributed by atoms with E-state index in [9.17, 15) is 14.4 Å². The maximum atomic E-state index is 12.9. The number of benzene rings is 1. The van der Waals surface area contributed by atoms with Crippen molar-refractivity contribution in [3.8, 4) is 0 Å². The predicted molar refractivity (Wildman–Crippen MR) is 122 cm³/mol. The summed E-state index contributed by atoms with van der Waals surface area (Å²) < 4.78 is 0. The lowest BCUT2D eigenvalue weighted by Gasteiger charge is -2.35. The van der Waals surface area contributed by atoms with Crippen LogP contribution in [0.4, 0.5) is 0 Å². The van der Waals surface area contributed by atoms with Crippen LogP contribution in [-0.4, -0.2) is 40.7 Å². The molecular weight excluding hydrogens is 402 g/mol. The number of rotatable bonds is 7. The molecule has 1 unspecified atom stereocenters. The standard InChI is InChI=1S/C26H35N3O3/c1-16(12-17-6-7-17)27-22-5-3-2-4-19(22)13-18-8-9-21-20(14-18)15-29(26(21)32)23-10-11-24(30)28-25(23)31/h8-9,14,16-17,19,22-23,27H,2-7,10-13,15H2,1H3,(H,28,30,31)/t16-,19+,22-,23?/m0/s1. The van der Waals surface area contributed by atoms with E-state index < -0.39 is 6.04 Å². The molecule has 1 aromatic carbocycles. The first-order valence-corrected chi connectivity index (χ1v) is 12.5. The Balaban J connectivity index is 1.25. The zero-order valence-corrected chi connectivity index (χ0v) is 19.1. The summed E-state index contributed by atoms with van der Waals surface area (Å²) in [6, 6.07) is 6.85. The van der Waals surface area contributed by atoms with Gasteiger partial charge >= 0.3 is 0 Å². The van der Waals surface area contributed by atoms with Gasteiger partial charge in [0.2, 0.25) is 11.8 Å². The van der Waals surface area contributed by atoms with Crippen LogP contribution >= 0.6 is 0 Å². The minimum Gasteiger partial charge on any atom is -0.322 e. The van der Waals surface area contributed by atoms with E-state index in [1.54, 1.807) is 4.90 Å². The van der Waals surface area contributed by atoms with Gasteiger partial charge < -0.3 is 10.2 Å². The van der Waals surface area contributed by atoms with Crippen LogP contribution in [0.15, 0.2) is 18.2 Å². The van der Waals surface area contributed by atoms with Crippen LogP contribution in [0.3, 0.4) is 0 Å². The van der Waals surface area contributed by atoms with Crippen molar-refractivity contribution in [3.05, 3.63) is 34.9 Å². The van der Waals surface area contributed by atoms with Crippen LogP contribution in [-0.2, 0) is 22.6 Å². The Morgan fingerprint density at radius 2 is 1.91 bits per heavy atom. The summed E-state index contributed by atoms with van der Waals surface area (Å²) in [6.45, 7) is 2.80. The molecule has 0 aromatic heterocycles. The van der Waals surface area contributed by atoms with Gasteiger partial charge in [0.15, 0.2) is 0 Å². The molecule has 3 amide bonds. The molecule has 0 radical (unpaired) electrons. The summed E-state index contributed by atoms with van der Waals surface area (Å²) in [5, 5.41) is 6.32. The van der Waals surface area contributed by atoms with E-state index in [4.69, 9.17) is 0 Å². The van der Waals surface area contributed by atoms with Crippen LogP contribution in [0.2, 0.25) is 0 Å². The lowest BCUT2D eigenvalue weighted by molar-refractivity contribution is -0.136. The van der Waals surface area contributed by atoms with Gasteiger partial charge in [-0.25, -0.2) is 0 Å². The monoisotopic (exact) mass is 437 g/mol. The maximum absolute atomic E-state index is 12.9. The first-order chi connectivity index (χ1) is 15.5. The Bertz CT molecular complexity index is 910. The highest BCUT2D eigenvalue weighted by Gasteiger charge is 2.39. The van der Waals surface area contributed by atoms with E-state index in [1.165, 1.54) is 50.5 Å². The Morgan fingerprint density at radius 1 is 1.09 bits per heavy atom. The van der Waals surface area contributed by atoms with E-state index in [0.29, 0.717) is 36.5 Å². The van der Waals surface area contributed by atoms with Crippen molar-refractivity contribution in [2.45, 2.75) is 95.8 Å². The van der Waals surface area contributed by atoms with E-state index in [-0.39, 0.29) is 24.1 Å². The zero-order chi connectivity index (χ0) is 22.2. The first kappa shape index (κ1) is 21.6. The minimum atomic E-state index is -0.545. The number of amides is 3. The fourth-order valence-corrected chi connectivity index (χ4v) is 6.02. The molecule has 32 heavy (non-hydrogen) atoms. The average molecular weight is 438 g/mol. The molecule has 2 aliphatic heterocycles. The molecule has 6 nitrogen and oxygen atoms in total. The molecule has 3 fully saturated rings. The van der Waals surface area contributed by atoms with Crippen LogP contribution in [0.25, 0.3) is 0 Å². The molecule has 2 saturated carbocycles. The van der Waals surface area contributed by atoms with Gasteiger partial charge in [-0.3, -0.25) is 19.7 Å². The topological polar surface area (TPSA) is 78.5 Å². The lowest BCUT2D eigenvalue weighted by atomic mass is 9.80. The van der Waals surface area contributed by atoms with E-state index in [1.807, 2.05) is 6.07 Å². The molecule has 2 heterocycles. The Morgan fingerprint density at radius 3 is 2.69 bits per heavy atom. The summed E-state index contributed by atoms with van der Waals surface area (Å²) in [6.07, 6.45) is 11.0. The van der Waals surface area contributed by atoms with Crippen molar-refractivity contribution in [3.63, 3.8) is 0 Å². The number of hydrogen-bond acceptors (Lipinski definition) is 4. The molecule has 4 aliphatic rings. The van der Waals surface area contributed by atoms with Gasteiger partial charge in [0, 0.05) is 30.6 Å². The van der Waals surface area contributed by atoms with E-state index in [0.717, 1.165) is 17.9 Å². The SMILES string of the molecule is C[C@@H](CC1CC1)N[C@H]1CCCC[C@@H]1Cc1ccc2c(c1)CN(C1CCC(=O)NC1=O)C2=O. The second-order valence-electron chi connectivity index (χ2n) is 10.5. The van der Waals surface area contributed by atoms with Crippen molar-refractivity contribution in [2.75, 3.05) is 0 Å². The van der Waals surface area contributed by atoms with Crippen molar-refractivity contribution in [2.24, 2.45) is 11.8 Å². The van der Waals surface area contributed by atoms with Gasteiger partial charge in [0.25, 0.3) is 5.91 Å². The number of carbonyl (C=O) groups excluding carboxylic acids is 3. The van der Waals surface area contributed by atoms with Gasteiger partial charge in [-0.2, -0.15) is 0 Å². The maximum Gasteiger partial charge on any atom is 0.255 e. The van der Waals surface area contributed by atoms with Crippen molar-refractivity contribution < 1.29 is 14.4 Å². The molecule has 5 rings (SSSR count). The third-order valence-electron chi connectivity index (χ3n) is 7.88. The third kappa shape index (κ3) is 4.61. The van der Waals surface area contributed by atoms with E-state index >= 15 is 0 Å². The zero-order valence-electron chi connectivity index (χ0n) is 19.1. The van der Waals surface area contributed by atoms with Crippen LogP contribution in [0.5, 0.6) is 0 Å². The largest absolute Gasteiger partial charge is 0.322 e. The average Bonchev–Trinajstić information content (AvgIpc) is 3.51. The normalized spacial score (nSPS) is 29.1. The number of carbonyl (C=O) groups is 3. The van der Waals surface area contributed by atoms with Crippen molar-refractivity contribution >= 4 is 17.7 Å². The fraction of sp³-hybridized carbons (Fsp3) is 0.654. The van der Waals surface area contributed by atoms with Crippen molar-refractivity contribution in [1.82, 2.24) is 15.5 Å².